The van der Waals surface area contributed by atoms with Crippen molar-refractivity contribution in [1.29, 1.82) is 0 Å². The number of fused-ring (bicyclic) bond motifs is 1. The number of hydrogen-bond donors (Lipinski definition) is 2. The molecule has 0 aliphatic heterocycles. The minimum Gasteiger partial charge on any atom is -0.493 e. The number of terminal acetylenes is 1. The fourth-order valence-corrected chi connectivity index (χ4v) is 4.48. The predicted molar refractivity (Wildman–Crippen MR) is 130 cm³/mol. The molecular weight excluding hydrogens is 442 g/mol. The van der Waals surface area contributed by atoms with Crippen LogP contribution in [0.4, 0.5) is 0 Å². The minimum absolute atomic E-state index is 0.124. The Bertz CT molecular complexity index is 1180. The first-order valence-corrected chi connectivity index (χ1v) is 11.4. The fraction of sp³-hybridized carbons (Fsp3) is 0.417. The second-order valence-corrected chi connectivity index (χ2v) is 8.67. The van der Waals surface area contributed by atoms with E-state index in [4.69, 9.17) is 20.6 Å². The third kappa shape index (κ3) is 5.92. The summed E-state index contributed by atoms with van der Waals surface area (Å²) < 4.78 is 15.9. The third-order valence-corrected chi connectivity index (χ3v) is 6.08. The zero-order chi connectivity index (χ0) is 24.0. The molecule has 2 aromatic heterocycles. The first kappa shape index (κ1) is 24.7. The summed E-state index contributed by atoms with van der Waals surface area (Å²) >= 11 is 1.41. The second-order valence-electron chi connectivity index (χ2n) is 7.81. The van der Waals surface area contributed by atoms with Gasteiger partial charge in [-0.2, -0.15) is 0 Å². The molecule has 8 nitrogen and oxygen atoms in total. The lowest BCUT2D eigenvalue weighted by molar-refractivity contribution is 0.0186. The van der Waals surface area contributed by atoms with Crippen LogP contribution in [0.2, 0.25) is 0 Å². The maximum absolute atomic E-state index is 13.0. The molecule has 0 fully saturated rings. The molecule has 0 saturated heterocycles. The van der Waals surface area contributed by atoms with Crippen molar-refractivity contribution < 1.29 is 19.3 Å². The number of ether oxygens (including phenoxy) is 3. The van der Waals surface area contributed by atoms with E-state index in [1.165, 1.54) is 11.3 Å². The second kappa shape index (κ2) is 11.3. The van der Waals surface area contributed by atoms with Crippen LogP contribution >= 0.6 is 11.3 Å². The molecule has 0 aliphatic carbocycles. The van der Waals surface area contributed by atoms with E-state index >= 15 is 0 Å². The van der Waals surface area contributed by atoms with Crippen LogP contribution in [0.25, 0.3) is 21.3 Å². The predicted octanol–water partition coefficient (Wildman–Crippen LogP) is 2.89. The Morgan fingerprint density at radius 2 is 2.03 bits per heavy atom. The van der Waals surface area contributed by atoms with Gasteiger partial charge in [0.05, 0.1) is 38.9 Å². The van der Waals surface area contributed by atoms with Crippen molar-refractivity contribution in [2.45, 2.75) is 32.5 Å². The van der Waals surface area contributed by atoms with Crippen LogP contribution in [0.5, 0.6) is 11.5 Å². The van der Waals surface area contributed by atoms with Crippen LogP contribution < -0.4 is 15.0 Å². The normalized spacial score (nSPS) is 12.3. The topological polar surface area (TPSA) is 96.9 Å². The van der Waals surface area contributed by atoms with Gasteiger partial charge in [0.15, 0.2) is 11.5 Å². The smallest absolute Gasteiger partial charge is 0.260 e. The standard InChI is InChI=1S/C24H29N3O5S/c1-6-9-32-13-17(28)11-27(15(2)3)12-21-25-23(29)22-18(14-33-24(22)26-21)16-7-8-19(30-4)20(10-16)31-5/h1,7-8,10,14-15,17,28H,9,11-13H2,2-5H3,(H,25,26,29). The molecule has 1 atom stereocenters. The number of benzene rings is 1. The van der Waals surface area contributed by atoms with E-state index in [-0.39, 0.29) is 24.8 Å². The zero-order valence-electron chi connectivity index (χ0n) is 19.3. The average molecular weight is 472 g/mol. The van der Waals surface area contributed by atoms with Crippen LogP contribution in [0, 0.1) is 12.3 Å². The highest BCUT2D eigenvalue weighted by atomic mass is 32.1. The molecule has 0 bridgehead atoms. The molecule has 0 aliphatic rings. The van der Waals surface area contributed by atoms with E-state index in [0.29, 0.717) is 40.6 Å². The van der Waals surface area contributed by atoms with Crippen LogP contribution in [0.15, 0.2) is 28.4 Å². The van der Waals surface area contributed by atoms with Crippen LogP contribution in [0.1, 0.15) is 19.7 Å². The highest BCUT2D eigenvalue weighted by molar-refractivity contribution is 7.17. The Kier molecular flexibility index (Phi) is 8.47. The number of aliphatic hydroxyl groups excluding tert-OH is 1. The summed E-state index contributed by atoms with van der Waals surface area (Å²) in [6, 6.07) is 5.67. The van der Waals surface area contributed by atoms with Crippen LogP contribution in [0.3, 0.4) is 0 Å². The van der Waals surface area contributed by atoms with Crippen molar-refractivity contribution in [3.8, 4) is 35.0 Å². The van der Waals surface area contributed by atoms with E-state index in [9.17, 15) is 9.90 Å². The number of aromatic amines is 1. The van der Waals surface area contributed by atoms with Gasteiger partial charge in [-0.3, -0.25) is 9.69 Å². The first-order chi connectivity index (χ1) is 15.9. The maximum Gasteiger partial charge on any atom is 0.260 e. The molecule has 3 aromatic rings. The summed E-state index contributed by atoms with van der Waals surface area (Å²) in [6.45, 7) is 5.10. The summed E-state index contributed by atoms with van der Waals surface area (Å²) in [4.78, 5) is 23.3. The van der Waals surface area contributed by atoms with E-state index < -0.39 is 6.10 Å². The molecular formula is C24H29N3O5S. The van der Waals surface area contributed by atoms with Crippen molar-refractivity contribution in [2.24, 2.45) is 0 Å². The van der Waals surface area contributed by atoms with Crippen molar-refractivity contribution in [1.82, 2.24) is 14.9 Å². The van der Waals surface area contributed by atoms with Crippen molar-refractivity contribution in [3.05, 3.63) is 39.8 Å². The fourth-order valence-electron chi connectivity index (χ4n) is 3.51. The number of H-pyrrole nitrogens is 1. The quantitative estimate of drug-likeness (QED) is 0.328. The van der Waals surface area contributed by atoms with Gasteiger partial charge < -0.3 is 24.3 Å². The van der Waals surface area contributed by atoms with Crippen molar-refractivity contribution in [2.75, 3.05) is 34.0 Å². The van der Waals surface area contributed by atoms with Gasteiger partial charge >= 0.3 is 0 Å². The molecule has 2 N–H and O–H groups in total. The number of rotatable bonds is 11. The molecule has 3 rings (SSSR count). The number of methoxy groups -OCH3 is 2. The number of thiophene rings is 1. The monoisotopic (exact) mass is 471 g/mol. The molecule has 0 radical (unpaired) electrons. The minimum atomic E-state index is -0.699. The number of hydrogen-bond acceptors (Lipinski definition) is 8. The summed E-state index contributed by atoms with van der Waals surface area (Å²) in [5, 5.41) is 12.7. The van der Waals surface area contributed by atoms with Crippen LogP contribution in [-0.4, -0.2) is 66.1 Å². The average Bonchev–Trinajstić information content (AvgIpc) is 3.22. The van der Waals surface area contributed by atoms with E-state index in [1.807, 2.05) is 42.3 Å². The van der Waals surface area contributed by atoms with Crippen LogP contribution in [-0.2, 0) is 11.3 Å². The van der Waals surface area contributed by atoms with Gasteiger partial charge in [0.2, 0.25) is 0 Å². The molecule has 1 aromatic carbocycles. The molecule has 0 saturated carbocycles. The Morgan fingerprint density at radius 3 is 2.70 bits per heavy atom. The first-order valence-electron chi connectivity index (χ1n) is 10.5. The van der Waals surface area contributed by atoms with Gasteiger partial charge in [-0.1, -0.05) is 12.0 Å². The number of nitrogens with zero attached hydrogens (tertiary/aromatic N) is 2. The van der Waals surface area contributed by atoms with Gasteiger partial charge in [-0.15, -0.1) is 17.8 Å². The van der Waals surface area contributed by atoms with Crippen molar-refractivity contribution >= 4 is 21.6 Å². The van der Waals surface area contributed by atoms with E-state index in [2.05, 4.69) is 15.9 Å². The summed E-state index contributed by atoms with van der Waals surface area (Å²) in [7, 11) is 3.16. The lowest BCUT2D eigenvalue weighted by Crippen LogP contribution is -2.39. The van der Waals surface area contributed by atoms with Gasteiger partial charge in [-0.25, -0.2) is 4.98 Å². The Balaban J connectivity index is 1.86. The maximum atomic E-state index is 13.0. The summed E-state index contributed by atoms with van der Waals surface area (Å²) in [5.41, 5.74) is 1.43. The van der Waals surface area contributed by atoms with E-state index in [1.54, 1.807) is 14.2 Å². The molecule has 0 amide bonds. The van der Waals surface area contributed by atoms with Gasteiger partial charge in [0.1, 0.15) is 17.3 Å². The van der Waals surface area contributed by atoms with Gasteiger partial charge in [-0.05, 0) is 31.5 Å². The largest absolute Gasteiger partial charge is 0.493 e. The molecule has 9 heteroatoms. The molecule has 2 heterocycles. The Morgan fingerprint density at radius 1 is 1.27 bits per heavy atom. The summed E-state index contributed by atoms with van der Waals surface area (Å²) in [5.74, 6) is 4.13. The number of aliphatic hydroxyl groups is 1. The SMILES string of the molecule is C#CCOCC(O)CN(Cc1nc2scc(-c3ccc(OC)c(OC)c3)c2c(=O)[nH]1)C(C)C. The molecule has 176 valence electrons. The summed E-state index contributed by atoms with van der Waals surface area (Å²) in [6.07, 6.45) is 4.47. The Labute approximate surface area is 197 Å². The lowest BCUT2D eigenvalue weighted by atomic mass is 10.1. The van der Waals surface area contributed by atoms with Gasteiger partial charge in [0, 0.05) is 23.5 Å². The number of aromatic nitrogens is 2. The van der Waals surface area contributed by atoms with Crippen molar-refractivity contribution in [3.63, 3.8) is 0 Å². The lowest BCUT2D eigenvalue weighted by Gasteiger charge is -2.28. The molecule has 0 spiro atoms. The zero-order valence-corrected chi connectivity index (χ0v) is 20.1. The number of nitrogens with one attached hydrogen (secondary N) is 1. The highest BCUT2D eigenvalue weighted by Crippen LogP contribution is 2.36. The molecule has 1 unspecified atom stereocenters. The van der Waals surface area contributed by atoms with Gasteiger partial charge in [0.25, 0.3) is 5.56 Å². The van der Waals surface area contributed by atoms with E-state index in [0.717, 1.165) is 11.1 Å². The Hall–Kier alpha value is -2.90. The highest BCUT2D eigenvalue weighted by Gasteiger charge is 2.19. The third-order valence-electron chi connectivity index (χ3n) is 5.21. The molecule has 33 heavy (non-hydrogen) atoms.